The molecule has 1 saturated carbocycles. The Morgan fingerprint density at radius 1 is 1.19 bits per heavy atom. The Morgan fingerprint density at radius 2 is 1.89 bits per heavy atom. The SMILES string of the molecule is CC[C@H]1CCCN1N(C)C(=O)Cc1ccccc1S(=O)(=O)N(F)C1(C(=O)O)C2COc3ccccc3C21. The molecule has 9 nitrogen and oxygen atoms in total. The number of carbonyl (C=O) groups is 2. The van der Waals surface area contributed by atoms with E-state index in [1.807, 2.05) is 5.01 Å². The van der Waals surface area contributed by atoms with Crippen LogP contribution in [0.1, 0.15) is 43.2 Å². The van der Waals surface area contributed by atoms with Crippen LogP contribution in [-0.4, -0.2) is 71.7 Å². The molecular weight excluding hydrogens is 501 g/mol. The summed E-state index contributed by atoms with van der Waals surface area (Å²) >= 11 is 0. The normalized spacial score (nSPS) is 26.8. The van der Waals surface area contributed by atoms with Crippen molar-refractivity contribution in [2.45, 2.75) is 55.0 Å². The van der Waals surface area contributed by atoms with E-state index in [9.17, 15) is 23.1 Å². The molecular formula is C26H30FN3O6S. The van der Waals surface area contributed by atoms with Gasteiger partial charge in [-0.25, -0.2) is 13.4 Å². The second-order valence-corrected chi connectivity index (χ2v) is 11.6. The molecule has 3 unspecified atom stereocenters. The maximum atomic E-state index is 16.1. The molecule has 198 valence electrons. The Morgan fingerprint density at radius 3 is 2.62 bits per heavy atom. The molecule has 4 atom stereocenters. The first-order valence-electron chi connectivity index (χ1n) is 12.4. The third-order valence-electron chi connectivity index (χ3n) is 8.01. The standard InChI is InChI=1S/C26H30FN3O6S/c1-3-18-10-8-14-29(18)28(2)23(31)15-17-9-4-7-13-22(17)37(34,35)30(27)26(25(32)33)20-16-36-21-12-6-5-11-19(21)24(20)26/h4-7,9,11-13,18,20,24H,3,8,10,14-16H2,1-2H3,(H,32,33)/t18-,20?,24?,26?/m0/s1. The van der Waals surface area contributed by atoms with Gasteiger partial charge in [-0.1, -0.05) is 43.3 Å². The largest absolute Gasteiger partial charge is 0.493 e. The van der Waals surface area contributed by atoms with E-state index in [4.69, 9.17) is 4.74 Å². The highest BCUT2D eigenvalue weighted by atomic mass is 32.2. The zero-order valence-corrected chi connectivity index (χ0v) is 21.5. The number of sulfonamides is 1. The van der Waals surface area contributed by atoms with Gasteiger partial charge in [0, 0.05) is 37.0 Å². The van der Waals surface area contributed by atoms with Gasteiger partial charge in [-0.05, 0) is 41.5 Å². The summed E-state index contributed by atoms with van der Waals surface area (Å²) < 4.78 is 48.4. The lowest BCUT2D eigenvalue weighted by atomic mass is 10.0. The summed E-state index contributed by atoms with van der Waals surface area (Å²) in [4.78, 5) is 25.2. The molecule has 2 heterocycles. The van der Waals surface area contributed by atoms with Crippen LogP contribution in [0.15, 0.2) is 53.4 Å². The number of para-hydroxylation sites is 1. The van der Waals surface area contributed by atoms with Crippen molar-refractivity contribution in [2.75, 3.05) is 20.2 Å². The molecule has 0 bridgehead atoms. The lowest BCUT2D eigenvalue weighted by Gasteiger charge is -2.33. The van der Waals surface area contributed by atoms with Gasteiger partial charge >= 0.3 is 5.97 Å². The van der Waals surface area contributed by atoms with Gasteiger partial charge in [0.05, 0.1) is 17.9 Å². The van der Waals surface area contributed by atoms with E-state index in [0.29, 0.717) is 11.3 Å². The van der Waals surface area contributed by atoms with E-state index in [0.717, 1.165) is 25.8 Å². The number of carboxylic acid groups (broad SMARTS) is 1. The zero-order valence-electron chi connectivity index (χ0n) is 20.7. The number of carboxylic acids is 1. The van der Waals surface area contributed by atoms with Gasteiger partial charge in [-0.2, -0.15) is 0 Å². The van der Waals surface area contributed by atoms with Crippen LogP contribution < -0.4 is 4.74 Å². The molecule has 2 aliphatic heterocycles. The summed E-state index contributed by atoms with van der Waals surface area (Å²) in [6.07, 6.45) is 2.55. The molecule has 5 rings (SSSR count). The first kappa shape index (κ1) is 25.6. The van der Waals surface area contributed by atoms with Gasteiger partial charge in [-0.3, -0.25) is 14.6 Å². The van der Waals surface area contributed by atoms with Gasteiger partial charge in [0.25, 0.3) is 10.0 Å². The van der Waals surface area contributed by atoms with Crippen LogP contribution in [0, 0.1) is 5.92 Å². The van der Waals surface area contributed by atoms with E-state index in [2.05, 4.69) is 6.92 Å². The number of likely N-dealkylation sites (N-methyl/N-ethyl adjacent to an activating group) is 1. The molecule has 1 aliphatic carbocycles. The molecule has 0 spiro atoms. The predicted octanol–water partition coefficient (Wildman–Crippen LogP) is 2.98. The summed E-state index contributed by atoms with van der Waals surface area (Å²) in [5, 5.41) is 13.6. The van der Waals surface area contributed by atoms with E-state index in [-0.39, 0.29) is 30.5 Å². The van der Waals surface area contributed by atoms with E-state index < -0.39 is 42.8 Å². The minimum Gasteiger partial charge on any atom is -0.493 e. The zero-order chi connectivity index (χ0) is 26.5. The smallest absolute Gasteiger partial charge is 0.329 e. The monoisotopic (exact) mass is 531 g/mol. The molecule has 0 radical (unpaired) electrons. The topological polar surface area (TPSA) is 107 Å². The Labute approximate surface area is 215 Å². The fourth-order valence-electron chi connectivity index (χ4n) is 6.01. The first-order chi connectivity index (χ1) is 17.6. The molecule has 3 aliphatic rings. The molecule has 11 heteroatoms. The summed E-state index contributed by atoms with van der Waals surface area (Å²) in [6.45, 7) is 2.66. The van der Waals surface area contributed by atoms with Crippen LogP contribution in [0.5, 0.6) is 5.75 Å². The number of carbonyl (C=O) groups excluding carboxylic acids is 1. The summed E-state index contributed by atoms with van der Waals surface area (Å²) in [5.41, 5.74) is -1.77. The minimum atomic E-state index is -4.93. The highest BCUT2D eigenvalue weighted by Crippen LogP contribution is 2.66. The number of hydrogen-bond acceptors (Lipinski definition) is 6. The van der Waals surface area contributed by atoms with Crippen molar-refractivity contribution in [3.05, 3.63) is 59.7 Å². The van der Waals surface area contributed by atoms with Crippen molar-refractivity contribution in [3.63, 3.8) is 0 Å². The minimum absolute atomic E-state index is 0.107. The Hall–Kier alpha value is -3.02. The lowest BCUT2D eigenvalue weighted by Crippen LogP contribution is -2.47. The number of nitrogens with zero attached hydrogens (tertiary/aromatic N) is 3. The number of fused-ring (bicyclic) bond motifs is 3. The van der Waals surface area contributed by atoms with Crippen LogP contribution in [-0.2, 0) is 26.0 Å². The van der Waals surface area contributed by atoms with Crippen molar-refractivity contribution >= 4 is 21.9 Å². The van der Waals surface area contributed by atoms with Crippen LogP contribution in [0.4, 0.5) is 4.48 Å². The quantitative estimate of drug-likeness (QED) is 0.522. The number of hydrogen-bond donors (Lipinski definition) is 1. The number of aliphatic carboxylic acids is 1. The maximum absolute atomic E-state index is 16.1. The van der Waals surface area contributed by atoms with Crippen LogP contribution >= 0.6 is 0 Å². The van der Waals surface area contributed by atoms with E-state index in [1.165, 1.54) is 23.2 Å². The van der Waals surface area contributed by atoms with Crippen molar-refractivity contribution in [1.29, 1.82) is 0 Å². The van der Waals surface area contributed by atoms with Crippen LogP contribution in [0.3, 0.4) is 0 Å². The Kier molecular flexibility index (Phi) is 6.49. The predicted molar refractivity (Wildman–Crippen MR) is 132 cm³/mol. The Bertz CT molecular complexity index is 1340. The number of hydrazine groups is 1. The van der Waals surface area contributed by atoms with Crippen molar-refractivity contribution < 1.29 is 32.3 Å². The fourth-order valence-corrected chi connectivity index (χ4v) is 7.63. The molecule has 37 heavy (non-hydrogen) atoms. The average Bonchev–Trinajstić information content (AvgIpc) is 3.37. The third-order valence-corrected chi connectivity index (χ3v) is 9.68. The Balaban J connectivity index is 1.45. The average molecular weight is 532 g/mol. The molecule has 2 aromatic carbocycles. The van der Waals surface area contributed by atoms with Gasteiger partial charge in [-0.15, -0.1) is 4.48 Å². The summed E-state index contributed by atoms with van der Waals surface area (Å²) in [7, 11) is -3.28. The van der Waals surface area contributed by atoms with Gasteiger partial charge in [0.2, 0.25) is 5.91 Å². The molecule has 1 saturated heterocycles. The van der Waals surface area contributed by atoms with E-state index >= 15 is 4.48 Å². The van der Waals surface area contributed by atoms with Crippen LogP contribution in [0.2, 0.25) is 0 Å². The van der Waals surface area contributed by atoms with E-state index in [1.54, 1.807) is 37.4 Å². The molecule has 2 fully saturated rings. The number of benzene rings is 2. The maximum Gasteiger partial charge on any atom is 0.329 e. The van der Waals surface area contributed by atoms with Gasteiger partial charge in [0.1, 0.15) is 5.75 Å². The second-order valence-electron chi connectivity index (χ2n) is 9.85. The third kappa shape index (κ3) is 3.91. The van der Waals surface area contributed by atoms with Gasteiger partial charge in [0.15, 0.2) is 5.54 Å². The number of ether oxygens (including phenoxy) is 1. The van der Waals surface area contributed by atoms with Crippen LogP contribution in [0.25, 0.3) is 0 Å². The molecule has 2 aromatic rings. The second kappa shape index (κ2) is 9.38. The number of amides is 1. The summed E-state index contributed by atoms with van der Waals surface area (Å²) in [5.74, 6) is -3.28. The number of halogens is 1. The van der Waals surface area contributed by atoms with Crippen molar-refractivity contribution in [3.8, 4) is 5.75 Å². The molecule has 0 aromatic heterocycles. The molecule has 1 N–H and O–H groups in total. The highest BCUT2D eigenvalue weighted by Gasteiger charge is 2.79. The first-order valence-corrected chi connectivity index (χ1v) is 13.9. The van der Waals surface area contributed by atoms with Crippen molar-refractivity contribution in [1.82, 2.24) is 14.5 Å². The summed E-state index contributed by atoms with van der Waals surface area (Å²) in [6, 6.07) is 12.6. The lowest BCUT2D eigenvalue weighted by molar-refractivity contribution is -0.149. The van der Waals surface area contributed by atoms with Crippen molar-refractivity contribution in [2.24, 2.45) is 5.92 Å². The highest BCUT2D eigenvalue weighted by molar-refractivity contribution is 7.89. The fraction of sp³-hybridized carbons (Fsp3) is 0.462. The van der Waals surface area contributed by atoms with Gasteiger partial charge < -0.3 is 9.84 Å². The molecule has 1 amide bonds. The number of rotatable bonds is 8.